The van der Waals surface area contributed by atoms with Crippen molar-refractivity contribution in [3.8, 4) is 5.75 Å². The highest BCUT2D eigenvalue weighted by Crippen LogP contribution is 2.56. The first kappa shape index (κ1) is 21.8. The summed E-state index contributed by atoms with van der Waals surface area (Å²) < 4.78 is -0.438. The molecule has 3 aliphatic heterocycles. The molecule has 2 N–H and O–H groups in total. The summed E-state index contributed by atoms with van der Waals surface area (Å²) in [5, 5.41) is 12.2. The van der Waals surface area contributed by atoms with E-state index >= 15 is 0 Å². The van der Waals surface area contributed by atoms with Crippen LogP contribution in [-0.2, 0) is 9.59 Å². The maximum atomic E-state index is 13.8. The highest BCUT2D eigenvalue weighted by atomic mass is 32.2. The molecule has 2 aromatic carbocycles. The molecule has 8 heteroatoms. The van der Waals surface area contributed by atoms with Gasteiger partial charge < -0.3 is 20.2 Å². The number of anilines is 1. The van der Waals surface area contributed by atoms with Crippen molar-refractivity contribution in [2.75, 3.05) is 18.4 Å². The van der Waals surface area contributed by atoms with Crippen LogP contribution in [0.3, 0.4) is 0 Å². The predicted octanol–water partition coefficient (Wildman–Crippen LogP) is 3.62. The smallest absolute Gasteiger partial charge is 0.256 e. The number of fused-ring (bicyclic) bond motifs is 3. The van der Waals surface area contributed by atoms with Crippen LogP contribution in [-0.4, -0.2) is 56.5 Å². The summed E-state index contributed by atoms with van der Waals surface area (Å²) in [5.74, 6) is -0.503. The largest absolute Gasteiger partial charge is 0.508 e. The number of phenols is 1. The molecule has 2 fully saturated rings. The number of hydrogen-bond donors (Lipinski definition) is 2. The third kappa shape index (κ3) is 3.76. The van der Waals surface area contributed by atoms with Gasteiger partial charge >= 0.3 is 0 Å². The van der Waals surface area contributed by atoms with Gasteiger partial charge in [-0.3, -0.25) is 14.4 Å². The van der Waals surface area contributed by atoms with Crippen LogP contribution in [0.2, 0.25) is 0 Å². The van der Waals surface area contributed by atoms with Gasteiger partial charge in [0.1, 0.15) is 17.2 Å². The van der Waals surface area contributed by atoms with Crippen LogP contribution in [0.4, 0.5) is 5.69 Å². The number of rotatable bonds is 3. The number of carbonyl (C=O) groups is 3. The van der Waals surface area contributed by atoms with Gasteiger partial charge in [-0.15, -0.1) is 11.8 Å². The molecule has 0 saturated carbocycles. The van der Waals surface area contributed by atoms with E-state index in [1.807, 2.05) is 38.1 Å². The zero-order chi connectivity index (χ0) is 23.3. The molecule has 3 heterocycles. The summed E-state index contributed by atoms with van der Waals surface area (Å²) in [4.78, 5) is 43.4. The van der Waals surface area contributed by atoms with Crippen molar-refractivity contribution in [3.05, 3.63) is 59.7 Å². The number of likely N-dealkylation sites (tertiary alicyclic amines) is 1. The Bertz CT molecular complexity index is 1120. The van der Waals surface area contributed by atoms with E-state index in [0.717, 1.165) is 12.0 Å². The molecule has 0 spiro atoms. The van der Waals surface area contributed by atoms with Crippen LogP contribution in [0, 0.1) is 5.92 Å². The molecule has 2 aromatic rings. The topological polar surface area (TPSA) is 90.0 Å². The van der Waals surface area contributed by atoms with Crippen LogP contribution in [0.25, 0.3) is 0 Å². The monoisotopic (exact) mass is 465 g/mol. The van der Waals surface area contributed by atoms with Crippen LogP contribution in [0.5, 0.6) is 5.75 Å². The quantitative estimate of drug-likeness (QED) is 0.676. The standard InChI is InChI=1S/C25H27N3O4S/c1-25(2)20(28-22(31)18-7-3-4-8-19(18)24(28)33-25)23(32)27-13-5-6-15(14-27)21(30)26-16-9-11-17(29)12-10-16/h3-4,7-12,15,20,24,29H,5-6,13-14H2,1-2H3,(H,26,30)/t15-,20-,24+/m1/s1. The van der Waals surface area contributed by atoms with Gasteiger partial charge in [-0.1, -0.05) is 18.2 Å². The molecule has 3 atom stereocenters. The second kappa shape index (κ2) is 8.09. The maximum Gasteiger partial charge on any atom is 0.256 e. The summed E-state index contributed by atoms with van der Waals surface area (Å²) in [6.07, 6.45) is 1.44. The van der Waals surface area contributed by atoms with Crippen molar-refractivity contribution in [2.24, 2.45) is 5.92 Å². The molecule has 7 nitrogen and oxygen atoms in total. The molecule has 2 saturated heterocycles. The number of benzene rings is 2. The lowest BCUT2D eigenvalue weighted by atomic mass is 9.94. The molecular weight excluding hydrogens is 438 g/mol. The number of piperidine rings is 1. The van der Waals surface area contributed by atoms with Crippen molar-refractivity contribution in [2.45, 2.75) is 42.9 Å². The zero-order valence-corrected chi connectivity index (χ0v) is 19.5. The highest BCUT2D eigenvalue weighted by molar-refractivity contribution is 8.01. The zero-order valence-electron chi connectivity index (χ0n) is 18.7. The maximum absolute atomic E-state index is 13.8. The van der Waals surface area contributed by atoms with E-state index in [2.05, 4.69) is 5.32 Å². The summed E-state index contributed by atoms with van der Waals surface area (Å²) >= 11 is 1.65. The molecule has 0 radical (unpaired) electrons. The number of nitrogens with zero attached hydrogens (tertiary/aromatic N) is 2. The van der Waals surface area contributed by atoms with Crippen LogP contribution < -0.4 is 5.32 Å². The van der Waals surface area contributed by atoms with Crippen molar-refractivity contribution in [3.63, 3.8) is 0 Å². The van der Waals surface area contributed by atoms with Gasteiger partial charge in [0.05, 0.1) is 5.92 Å². The minimum atomic E-state index is -0.577. The minimum Gasteiger partial charge on any atom is -0.508 e. The Balaban J connectivity index is 1.33. The molecule has 3 aliphatic rings. The average Bonchev–Trinajstić information content (AvgIpc) is 3.24. The van der Waals surface area contributed by atoms with E-state index in [1.54, 1.807) is 33.7 Å². The fraction of sp³-hybridized carbons (Fsp3) is 0.400. The van der Waals surface area contributed by atoms with Crippen LogP contribution in [0.1, 0.15) is 48.0 Å². The molecule has 0 bridgehead atoms. The van der Waals surface area contributed by atoms with E-state index < -0.39 is 10.8 Å². The van der Waals surface area contributed by atoms with E-state index in [9.17, 15) is 19.5 Å². The Kier molecular flexibility index (Phi) is 5.35. The second-order valence-corrected chi connectivity index (χ2v) is 11.2. The summed E-state index contributed by atoms with van der Waals surface area (Å²) in [7, 11) is 0. The third-order valence-corrected chi connectivity index (χ3v) is 8.30. The summed E-state index contributed by atoms with van der Waals surface area (Å²) in [5.41, 5.74) is 2.26. The minimum absolute atomic E-state index is 0.0849. The molecule has 5 rings (SSSR count). The van der Waals surface area contributed by atoms with Gasteiger partial charge in [-0.05, 0) is 62.6 Å². The molecule has 0 aliphatic carbocycles. The van der Waals surface area contributed by atoms with Gasteiger partial charge in [-0.25, -0.2) is 0 Å². The molecule has 33 heavy (non-hydrogen) atoms. The lowest BCUT2D eigenvalue weighted by Crippen LogP contribution is -2.56. The van der Waals surface area contributed by atoms with E-state index in [0.29, 0.717) is 30.8 Å². The second-order valence-electron chi connectivity index (χ2n) is 9.44. The van der Waals surface area contributed by atoms with Crippen molar-refractivity contribution >= 4 is 35.2 Å². The number of nitrogens with one attached hydrogen (secondary N) is 1. The van der Waals surface area contributed by atoms with Gasteiger partial charge in [-0.2, -0.15) is 0 Å². The summed E-state index contributed by atoms with van der Waals surface area (Å²) in [6, 6.07) is 13.3. The first-order valence-electron chi connectivity index (χ1n) is 11.2. The normalized spacial score (nSPS) is 25.5. The predicted molar refractivity (Wildman–Crippen MR) is 127 cm³/mol. The Morgan fingerprint density at radius 2 is 1.85 bits per heavy atom. The van der Waals surface area contributed by atoms with E-state index in [-0.39, 0.29) is 34.8 Å². The Hall–Kier alpha value is -3.00. The van der Waals surface area contributed by atoms with Gasteiger partial charge in [0.25, 0.3) is 5.91 Å². The molecule has 0 unspecified atom stereocenters. The van der Waals surface area contributed by atoms with Crippen molar-refractivity contribution < 1.29 is 19.5 Å². The van der Waals surface area contributed by atoms with Gasteiger partial charge in [0.15, 0.2) is 0 Å². The number of carbonyl (C=O) groups excluding carboxylic acids is 3. The fourth-order valence-corrected chi connectivity index (χ4v) is 6.71. The SMILES string of the molecule is CC1(C)S[C@H]2c3ccccc3C(=O)N2[C@@H]1C(=O)N1CCC[C@@H](C(=O)Nc2ccc(O)cc2)C1. The number of hydrogen-bond acceptors (Lipinski definition) is 5. The third-order valence-electron chi connectivity index (χ3n) is 6.77. The van der Waals surface area contributed by atoms with Gasteiger partial charge in [0, 0.05) is 29.1 Å². The molecular formula is C25H27N3O4S. The van der Waals surface area contributed by atoms with Crippen LogP contribution >= 0.6 is 11.8 Å². The first-order chi connectivity index (χ1) is 15.8. The highest BCUT2D eigenvalue weighted by Gasteiger charge is 2.58. The van der Waals surface area contributed by atoms with Crippen molar-refractivity contribution in [1.82, 2.24) is 9.80 Å². The number of thioether (sulfide) groups is 1. The van der Waals surface area contributed by atoms with Crippen molar-refractivity contribution in [1.29, 1.82) is 0 Å². The fourth-order valence-electron chi connectivity index (χ4n) is 5.13. The number of amides is 3. The lowest BCUT2D eigenvalue weighted by Gasteiger charge is -2.38. The summed E-state index contributed by atoms with van der Waals surface area (Å²) in [6.45, 7) is 4.96. The number of phenolic OH excluding ortho intramolecular Hbond substituents is 1. The van der Waals surface area contributed by atoms with E-state index in [1.165, 1.54) is 12.1 Å². The molecule has 172 valence electrons. The number of aromatic hydroxyl groups is 1. The first-order valence-corrected chi connectivity index (χ1v) is 12.1. The van der Waals surface area contributed by atoms with Crippen LogP contribution in [0.15, 0.2) is 48.5 Å². The lowest BCUT2D eigenvalue weighted by molar-refractivity contribution is -0.139. The Morgan fingerprint density at radius 3 is 2.61 bits per heavy atom. The Morgan fingerprint density at radius 1 is 1.12 bits per heavy atom. The molecule has 0 aromatic heterocycles. The Labute approximate surface area is 197 Å². The average molecular weight is 466 g/mol. The van der Waals surface area contributed by atoms with Gasteiger partial charge in [0.2, 0.25) is 11.8 Å². The van der Waals surface area contributed by atoms with E-state index in [4.69, 9.17) is 0 Å². The molecule has 3 amide bonds.